The smallest absolute Gasteiger partial charge is 0.0924 e. The summed E-state index contributed by atoms with van der Waals surface area (Å²) in [6.07, 6.45) is 0. The lowest BCUT2D eigenvalue weighted by Gasteiger charge is -1.90. The van der Waals surface area contributed by atoms with E-state index in [0.717, 1.165) is 4.90 Å². The quantitative estimate of drug-likeness (QED) is 0.377. The average molecular weight is 197 g/mol. The summed E-state index contributed by atoms with van der Waals surface area (Å²) in [6.45, 7) is 1.86. The van der Waals surface area contributed by atoms with Crippen molar-refractivity contribution in [2.45, 2.75) is 17.2 Å². The standard InChI is InChI=1S/C10H9ClS/c1-9(11)7-8-12-10-5-3-2-4-6-10/h2-6,9H,1H3. The fourth-order valence-electron chi connectivity index (χ4n) is 0.658. The molecule has 0 saturated carbocycles. The Bertz CT molecular complexity index is 282. The van der Waals surface area contributed by atoms with E-state index in [0.29, 0.717) is 0 Å². The maximum Gasteiger partial charge on any atom is 0.0924 e. The van der Waals surface area contributed by atoms with Gasteiger partial charge in [-0.05, 0) is 36.1 Å². The molecule has 0 N–H and O–H groups in total. The molecule has 0 bridgehead atoms. The van der Waals surface area contributed by atoms with Gasteiger partial charge in [0.15, 0.2) is 0 Å². The lowest BCUT2D eigenvalue weighted by atomic mass is 10.4. The second-order valence-corrected chi connectivity index (χ2v) is 3.81. The Balaban J connectivity index is 2.51. The molecule has 1 atom stereocenters. The number of alkyl halides is 1. The molecule has 0 radical (unpaired) electrons. The zero-order valence-corrected chi connectivity index (χ0v) is 8.32. The first kappa shape index (κ1) is 9.51. The Morgan fingerprint density at radius 1 is 1.33 bits per heavy atom. The van der Waals surface area contributed by atoms with Gasteiger partial charge in [-0.3, -0.25) is 0 Å². The third kappa shape index (κ3) is 3.71. The minimum atomic E-state index is -0.0683. The molecule has 12 heavy (non-hydrogen) atoms. The molecule has 0 aliphatic heterocycles. The molecule has 0 aliphatic rings. The molecule has 0 nitrogen and oxygen atoms in total. The van der Waals surface area contributed by atoms with Crippen molar-refractivity contribution >= 4 is 23.4 Å². The van der Waals surface area contributed by atoms with Crippen molar-refractivity contribution in [1.29, 1.82) is 0 Å². The number of rotatable bonds is 1. The number of hydrogen-bond acceptors (Lipinski definition) is 1. The van der Waals surface area contributed by atoms with Crippen LogP contribution in [0.4, 0.5) is 0 Å². The zero-order chi connectivity index (χ0) is 8.81. The Hall–Kier alpha value is -0.580. The molecule has 0 heterocycles. The highest BCUT2D eigenvalue weighted by Crippen LogP contribution is 2.14. The van der Waals surface area contributed by atoms with Gasteiger partial charge in [0, 0.05) is 4.90 Å². The Morgan fingerprint density at radius 2 is 2.00 bits per heavy atom. The Kier molecular flexibility index (Phi) is 4.07. The first-order chi connectivity index (χ1) is 5.79. The van der Waals surface area contributed by atoms with Crippen LogP contribution >= 0.6 is 23.4 Å². The van der Waals surface area contributed by atoms with E-state index in [2.05, 4.69) is 11.2 Å². The maximum absolute atomic E-state index is 5.66. The van der Waals surface area contributed by atoms with Gasteiger partial charge in [0.1, 0.15) is 0 Å². The van der Waals surface area contributed by atoms with Crippen LogP contribution in [0.2, 0.25) is 0 Å². The fraction of sp³-hybridized carbons (Fsp3) is 0.200. The van der Waals surface area contributed by atoms with Gasteiger partial charge in [0.2, 0.25) is 0 Å². The van der Waals surface area contributed by atoms with Gasteiger partial charge >= 0.3 is 0 Å². The van der Waals surface area contributed by atoms with Crippen molar-refractivity contribution in [3.8, 4) is 11.2 Å². The normalized spacial score (nSPS) is 11.5. The summed E-state index contributed by atoms with van der Waals surface area (Å²) < 4.78 is 0. The van der Waals surface area contributed by atoms with Gasteiger partial charge in [0.05, 0.1) is 5.38 Å². The molecule has 1 aromatic carbocycles. The summed E-state index contributed by atoms with van der Waals surface area (Å²) in [5.41, 5.74) is 0. The summed E-state index contributed by atoms with van der Waals surface area (Å²) in [5, 5.41) is 2.87. The molecule has 0 spiro atoms. The van der Waals surface area contributed by atoms with Gasteiger partial charge in [-0.25, -0.2) is 0 Å². The third-order valence-corrected chi connectivity index (χ3v) is 2.01. The average Bonchev–Trinajstić information content (AvgIpc) is 2.05. The van der Waals surface area contributed by atoms with E-state index in [1.165, 1.54) is 11.8 Å². The van der Waals surface area contributed by atoms with E-state index in [1.807, 2.05) is 37.3 Å². The second-order valence-electron chi connectivity index (χ2n) is 2.28. The summed E-state index contributed by atoms with van der Waals surface area (Å²) in [5.74, 6) is 2.87. The Morgan fingerprint density at radius 3 is 2.58 bits per heavy atom. The van der Waals surface area contributed by atoms with Gasteiger partial charge < -0.3 is 0 Å². The van der Waals surface area contributed by atoms with Crippen LogP contribution in [-0.2, 0) is 0 Å². The molecule has 0 aromatic heterocycles. The number of hydrogen-bond donors (Lipinski definition) is 0. The molecule has 1 aromatic rings. The third-order valence-electron chi connectivity index (χ3n) is 1.17. The van der Waals surface area contributed by atoms with Crippen LogP contribution in [0.15, 0.2) is 35.2 Å². The highest BCUT2D eigenvalue weighted by atomic mass is 35.5. The van der Waals surface area contributed by atoms with E-state index in [9.17, 15) is 0 Å². The molecule has 1 unspecified atom stereocenters. The molecule has 2 heteroatoms. The van der Waals surface area contributed by atoms with E-state index in [4.69, 9.17) is 11.6 Å². The molecule has 1 rings (SSSR count). The van der Waals surface area contributed by atoms with Crippen molar-refractivity contribution in [3.63, 3.8) is 0 Å². The first-order valence-corrected chi connectivity index (χ1v) is 4.91. The van der Waals surface area contributed by atoms with Gasteiger partial charge in [-0.1, -0.05) is 24.1 Å². The lowest BCUT2D eigenvalue weighted by Crippen LogP contribution is -1.79. The minimum absolute atomic E-state index is 0.0683. The van der Waals surface area contributed by atoms with Crippen molar-refractivity contribution < 1.29 is 0 Å². The van der Waals surface area contributed by atoms with Crippen LogP contribution < -0.4 is 0 Å². The molecular formula is C10H9ClS. The SMILES string of the molecule is CC(Cl)C#CSc1ccccc1. The summed E-state index contributed by atoms with van der Waals surface area (Å²) in [7, 11) is 0. The fourth-order valence-corrected chi connectivity index (χ4v) is 1.42. The summed E-state index contributed by atoms with van der Waals surface area (Å²) in [6, 6.07) is 10.0. The highest BCUT2D eigenvalue weighted by Gasteiger charge is 1.87. The number of halogens is 1. The van der Waals surface area contributed by atoms with Crippen LogP contribution in [0.5, 0.6) is 0 Å². The van der Waals surface area contributed by atoms with Crippen LogP contribution in [-0.4, -0.2) is 5.38 Å². The van der Waals surface area contributed by atoms with E-state index in [1.54, 1.807) is 0 Å². The van der Waals surface area contributed by atoms with Crippen LogP contribution in [0.3, 0.4) is 0 Å². The van der Waals surface area contributed by atoms with Crippen molar-refractivity contribution in [3.05, 3.63) is 30.3 Å². The maximum atomic E-state index is 5.66. The summed E-state index contributed by atoms with van der Waals surface area (Å²) in [4.78, 5) is 1.15. The molecule has 0 aliphatic carbocycles. The number of benzene rings is 1. The minimum Gasteiger partial charge on any atom is -0.109 e. The molecular weight excluding hydrogens is 188 g/mol. The second kappa shape index (κ2) is 5.13. The lowest BCUT2D eigenvalue weighted by molar-refractivity contribution is 1.29. The summed E-state index contributed by atoms with van der Waals surface area (Å²) >= 11 is 7.16. The van der Waals surface area contributed by atoms with Gasteiger partial charge in [-0.15, -0.1) is 11.6 Å². The highest BCUT2D eigenvalue weighted by molar-refractivity contribution is 8.03. The molecule has 0 amide bonds. The van der Waals surface area contributed by atoms with Gasteiger partial charge in [0.25, 0.3) is 0 Å². The molecule has 0 fully saturated rings. The van der Waals surface area contributed by atoms with Crippen molar-refractivity contribution in [2.75, 3.05) is 0 Å². The zero-order valence-electron chi connectivity index (χ0n) is 6.75. The monoisotopic (exact) mass is 196 g/mol. The van der Waals surface area contributed by atoms with E-state index >= 15 is 0 Å². The molecule has 0 saturated heterocycles. The van der Waals surface area contributed by atoms with E-state index in [-0.39, 0.29) is 5.38 Å². The van der Waals surface area contributed by atoms with Crippen molar-refractivity contribution in [2.24, 2.45) is 0 Å². The molecule has 62 valence electrons. The van der Waals surface area contributed by atoms with Gasteiger partial charge in [-0.2, -0.15) is 0 Å². The largest absolute Gasteiger partial charge is 0.109 e. The predicted octanol–water partition coefficient (Wildman–Crippen LogP) is 3.37. The van der Waals surface area contributed by atoms with Crippen molar-refractivity contribution in [1.82, 2.24) is 0 Å². The number of thioether (sulfide) groups is 1. The Labute approximate surface area is 82.3 Å². The predicted molar refractivity (Wildman–Crippen MR) is 55.4 cm³/mol. The van der Waals surface area contributed by atoms with Crippen LogP contribution in [0.1, 0.15) is 6.92 Å². The topological polar surface area (TPSA) is 0 Å². The van der Waals surface area contributed by atoms with Crippen LogP contribution in [0, 0.1) is 11.2 Å². The van der Waals surface area contributed by atoms with Crippen LogP contribution in [0.25, 0.3) is 0 Å². The van der Waals surface area contributed by atoms with E-state index < -0.39 is 0 Å². The first-order valence-electron chi connectivity index (χ1n) is 3.65.